The minimum atomic E-state index is 0.849. The van der Waals surface area contributed by atoms with Gasteiger partial charge in [0.1, 0.15) is 0 Å². The monoisotopic (exact) mass is 282 g/mol. The first-order valence-corrected chi connectivity index (χ1v) is 7.64. The van der Waals surface area contributed by atoms with Crippen molar-refractivity contribution in [1.82, 2.24) is 9.97 Å². The van der Waals surface area contributed by atoms with Gasteiger partial charge in [0.2, 0.25) is 5.95 Å². The highest BCUT2D eigenvalue weighted by molar-refractivity contribution is 5.49. The molecule has 110 valence electrons. The number of hydrogen-bond acceptors (Lipinski definition) is 4. The topological polar surface area (TPSA) is 32.3 Å². The van der Waals surface area contributed by atoms with Crippen LogP contribution in [0.15, 0.2) is 36.7 Å². The van der Waals surface area contributed by atoms with Gasteiger partial charge in [0.15, 0.2) is 0 Å². The van der Waals surface area contributed by atoms with E-state index in [2.05, 4.69) is 51.0 Å². The smallest absolute Gasteiger partial charge is 0.225 e. The Balaban J connectivity index is 1.62. The lowest BCUT2D eigenvalue weighted by molar-refractivity contribution is 0.639. The van der Waals surface area contributed by atoms with Crippen molar-refractivity contribution in [1.29, 1.82) is 0 Å². The van der Waals surface area contributed by atoms with Crippen LogP contribution in [-0.2, 0) is 6.42 Å². The zero-order valence-electron chi connectivity index (χ0n) is 12.8. The van der Waals surface area contributed by atoms with Crippen LogP contribution in [0.25, 0.3) is 0 Å². The fourth-order valence-corrected chi connectivity index (χ4v) is 2.66. The van der Waals surface area contributed by atoms with Gasteiger partial charge in [-0.3, -0.25) is 0 Å². The Hall–Kier alpha value is -2.10. The molecule has 4 nitrogen and oxygen atoms in total. The molecule has 0 bridgehead atoms. The van der Waals surface area contributed by atoms with Gasteiger partial charge in [0.05, 0.1) is 0 Å². The second-order valence-corrected chi connectivity index (χ2v) is 5.55. The van der Waals surface area contributed by atoms with E-state index in [1.807, 2.05) is 19.3 Å². The van der Waals surface area contributed by atoms with Gasteiger partial charge < -0.3 is 9.80 Å². The van der Waals surface area contributed by atoms with Crippen molar-refractivity contribution in [3.05, 3.63) is 47.8 Å². The first-order chi connectivity index (χ1) is 10.3. The minimum Gasteiger partial charge on any atom is -0.368 e. The summed E-state index contributed by atoms with van der Waals surface area (Å²) in [6.45, 7) is 8.18. The van der Waals surface area contributed by atoms with Gasteiger partial charge in [0, 0.05) is 44.3 Å². The lowest BCUT2D eigenvalue weighted by Crippen LogP contribution is -2.47. The zero-order chi connectivity index (χ0) is 14.7. The Labute approximate surface area is 126 Å². The van der Waals surface area contributed by atoms with Crippen molar-refractivity contribution >= 4 is 11.6 Å². The summed E-state index contributed by atoms with van der Waals surface area (Å²) in [5, 5.41) is 0. The van der Waals surface area contributed by atoms with Crippen LogP contribution in [0.3, 0.4) is 0 Å². The molecule has 21 heavy (non-hydrogen) atoms. The number of aryl methyl sites for hydroxylation is 2. The molecule has 1 fully saturated rings. The molecule has 3 rings (SSSR count). The van der Waals surface area contributed by atoms with Crippen molar-refractivity contribution in [3.63, 3.8) is 0 Å². The maximum Gasteiger partial charge on any atom is 0.225 e. The Morgan fingerprint density at radius 3 is 2.05 bits per heavy atom. The third kappa shape index (κ3) is 3.15. The summed E-state index contributed by atoms with van der Waals surface area (Å²) < 4.78 is 0. The van der Waals surface area contributed by atoms with Gasteiger partial charge in [-0.2, -0.15) is 0 Å². The highest BCUT2D eigenvalue weighted by Gasteiger charge is 2.18. The van der Waals surface area contributed by atoms with Crippen molar-refractivity contribution in [2.24, 2.45) is 0 Å². The Bertz CT molecular complexity index is 569. The molecule has 0 amide bonds. The maximum atomic E-state index is 4.42. The van der Waals surface area contributed by atoms with Crippen LogP contribution in [0.4, 0.5) is 11.6 Å². The molecule has 1 saturated heterocycles. The summed E-state index contributed by atoms with van der Waals surface area (Å²) in [7, 11) is 0. The highest BCUT2D eigenvalue weighted by Crippen LogP contribution is 2.19. The van der Waals surface area contributed by atoms with Crippen LogP contribution in [0.1, 0.15) is 18.1 Å². The SMILES string of the molecule is CCc1ccc(N2CCN(c3ncc(C)cn3)CC2)cc1. The van der Waals surface area contributed by atoms with Gasteiger partial charge in [-0.15, -0.1) is 0 Å². The van der Waals surface area contributed by atoms with Gasteiger partial charge >= 0.3 is 0 Å². The van der Waals surface area contributed by atoms with E-state index in [0.717, 1.165) is 44.1 Å². The van der Waals surface area contributed by atoms with Gasteiger partial charge in [-0.25, -0.2) is 9.97 Å². The summed E-state index contributed by atoms with van der Waals surface area (Å²) in [5.74, 6) is 0.849. The number of anilines is 2. The zero-order valence-corrected chi connectivity index (χ0v) is 12.8. The van der Waals surface area contributed by atoms with Crippen LogP contribution in [0, 0.1) is 6.92 Å². The number of rotatable bonds is 3. The molecule has 0 spiro atoms. The average molecular weight is 282 g/mol. The Morgan fingerprint density at radius 1 is 0.905 bits per heavy atom. The van der Waals surface area contributed by atoms with E-state index in [9.17, 15) is 0 Å². The van der Waals surface area contributed by atoms with Gasteiger partial charge in [-0.05, 0) is 36.6 Å². The Kier molecular flexibility index (Phi) is 4.04. The van der Waals surface area contributed by atoms with E-state index in [1.54, 1.807) is 0 Å². The van der Waals surface area contributed by atoms with E-state index >= 15 is 0 Å². The van der Waals surface area contributed by atoms with E-state index < -0.39 is 0 Å². The molecular formula is C17H22N4. The number of piperazine rings is 1. The first-order valence-electron chi connectivity index (χ1n) is 7.64. The number of hydrogen-bond donors (Lipinski definition) is 0. The van der Waals surface area contributed by atoms with Crippen molar-refractivity contribution < 1.29 is 0 Å². The first kappa shape index (κ1) is 13.9. The summed E-state index contributed by atoms with van der Waals surface area (Å²) in [6, 6.07) is 8.92. The van der Waals surface area contributed by atoms with Gasteiger partial charge in [-0.1, -0.05) is 19.1 Å². The molecule has 0 atom stereocenters. The third-order valence-corrected chi connectivity index (χ3v) is 4.04. The summed E-state index contributed by atoms with van der Waals surface area (Å²) in [4.78, 5) is 13.5. The average Bonchev–Trinajstić information content (AvgIpc) is 2.56. The minimum absolute atomic E-state index is 0.849. The fourth-order valence-electron chi connectivity index (χ4n) is 2.66. The molecule has 1 aromatic carbocycles. The molecule has 4 heteroatoms. The second-order valence-electron chi connectivity index (χ2n) is 5.55. The van der Waals surface area contributed by atoms with Crippen molar-refractivity contribution in [2.75, 3.05) is 36.0 Å². The molecule has 2 aromatic rings. The van der Waals surface area contributed by atoms with Crippen LogP contribution in [0.5, 0.6) is 0 Å². The van der Waals surface area contributed by atoms with E-state index in [0.29, 0.717) is 0 Å². The summed E-state index contributed by atoms with van der Waals surface area (Å²) >= 11 is 0. The molecule has 0 N–H and O–H groups in total. The molecule has 0 unspecified atom stereocenters. The van der Waals surface area contributed by atoms with Crippen molar-refractivity contribution in [3.8, 4) is 0 Å². The molecule has 1 aliphatic rings. The fraction of sp³-hybridized carbons (Fsp3) is 0.412. The Morgan fingerprint density at radius 2 is 1.48 bits per heavy atom. The van der Waals surface area contributed by atoms with Crippen molar-refractivity contribution in [2.45, 2.75) is 20.3 Å². The maximum absolute atomic E-state index is 4.42. The summed E-state index contributed by atoms with van der Waals surface area (Å²) in [6.07, 6.45) is 4.87. The number of nitrogens with zero attached hydrogens (tertiary/aromatic N) is 4. The predicted molar refractivity (Wildman–Crippen MR) is 87.0 cm³/mol. The predicted octanol–water partition coefficient (Wildman–Crippen LogP) is 2.67. The number of aromatic nitrogens is 2. The molecule has 1 aromatic heterocycles. The number of benzene rings is 1. The third-order valence-electron chi connectivity index (χ3n) is 4.04. The molecule has 0 saturated carbocycles. The van der Waals surface area contributed by atoms with Crippen LogP contribution < -0.4 is 9.80 Å². The van der Waals surface area contributed by atoms with Crippen LogP contribution >= 0.6 is 0 Å². The quantitative estimate of drug-likeness (QED) is 0.866. The second kappa shape index (κ2) is 6.12. The van der Waals surface area contributed by atoms with E-state index in [-0.39, 0.29) is 0 Å². The van der Waals surface area contributed by atoms with Gasteiger partial charge in [0.25, 0.3) is 0 Å². The van der Waals surface area contributed by atoms with Crippen LogP contribution in [-0.4, -0.2) is 36.1 Å². The molecule has 1 aliphatic heterocycles. The van der Waals surface area contributed by atoms with E-state index in [4.69, 9.17) is 0 Å². The molecule has 0 aliphatic carbocycles. The van der Waals surface area contributed by atoms with Crippen LogP contribution in [0.2, 0.25) is 0 Å². The van der Waals surface area contributed by atoms with E-state index in [1.165, 1.54) is 11.3 Å². The highest BCUT2D eigenvalue weighted by atomic mass is 15.3. The molecule has 2 heterocycles. The lowest BCUT2D eigenvalue weighted by Gasteiger charge is -2.36. The lowest BCUT2D eigenvalue weighted by atomic mass is 10.1. The largest absolute Gasteiger partial charge is 0.368 e. The normalized spacial score (nSPS) is 15.3. The molecule has 0 radical (unpaired) electrons. The summed E-state index contributed by atoms with van der Waals surface area (Å²) in [5.41, 5.74) is 3.82. The standard InChI is InChI=1S/C17H22N4/c1-3-15-4-6-16(7-5-15)20-8-10-21(11-9-20)17-18-12-14(2)13-19-17/h4-7,12-13H,3,8-11H2,1-2H3. The molecular weight excluding hydrogens is 260 g/mol.